The van der Waals surface area contributed by atoms with Crippen molar-refractivity contribution in [2.75, 3.05) is 26.2 Å². The molecule has 1 fully saturated rings. The molecule has 2 heterocycles. The van der Waals surface area contributed by atoms with Gasteiger partial charge in [0.15, 0.2) is 0 Å². The molecule has 148 valence electrons. The molecule has 3 rings (SSSR count). The molecule has 1 amide bonds. The van der Waals surface area contributed by atoms with Crippen LogP contribution in [0.4, 0.5) is 0 Å². The second-order valence-corrected chi connectivity index (χ2v) is 7.66. The van der Waals surface area contributed by atoms with Crippen LogP contribution in [-0.4, -0.2) is 37.0 Å². The molecule has 0 spiro atoms. The Labute approximate surface area is 172 Å². The molecular formula is C21H29ClN2O2S. The van der Waals surface area contributed by atoms with Crippen LogP contribution >= 0.6 is 23.7 Å². The van der Waals surface area contributed by atoms with Crippen molar-refractivity contribution < 1.29 is 9.53 Å². The number of nitrogens with one attached hydrogen (secondary N) is 1. The number of likely N-dealkylation sites (tertiary alicyclic amines) is 1. The highest BCUT2D eigenvalue weighted by Gasteiger charge is 2.25. The first-order valence-electron chi connectivity index (χ1n) is 9.57. The molecule has 0 radical (unpaired) electrons. The second-order valence-electron chi connectivity index (χ2n) is 6.68. The van der Waals surface area contributed by atoms with E-state index in [4.69, 9.17) is 4.74 Å². The number of halogens is 1. The highest BCUT2D eigenvalue weighted by atomic mass is 35.5. The third-order valence-corrected chi connectivity index (χ3v) is 5.77. The van der Waals surface area contributed by atoms with Crippen LogP contribution in [0.2, 0.25) is 0 Å². The summed E-state index contributed by atoms with van der Waals surface area (Å²) in [6.45, 7) is 5.62. The molecule has 0 saturated carbocycles. The number of carbonyl (C=O) groups is 1. The van der Waals surface area contributed by atoms with Crippen LogP contribution in [0.3, 0.4) is 0 Å². The van der Waals surface area contributed by atoms with Gasteiger partial charge in [-0.2, -0.15) is 0 Å². The molecule has 1 N–H and O–H groups in total. The number of unbranched alkanes of at least 4 members (excludes halogenated alkanes) is 1. The van der Waals surface area contributed by atoms with E-state index in [-0.39, 0.29) is 24.4 Å². The monoisotopic (exact) mass is 408 g/mol. The molecule has 1 aromatic heterocycles. The summed E-state index contributed by atoms with van der Waals surface area (Å²) in [6.07, 6.45) is 4.55. The lowest BCUT2D eigenvalue weighted by atomic mass is 10.1. The van der Waals surface area contributed by atoms with Gasteiger partial charge in [-0.1, -0.05) is 31.5 Å². The van der Waals surface area contributed by atoms with E-state index in [0.717, 1.165) is 25.9 Å². The maximum absolute atomic E-state index is 12.8. The fourth-order valence-electron chi connectivity index (χ4n) is 3.33. The predicted molar refractivity (Wildman–Crippen MR) is 114 cm³/mol. The van der Waals surface area contributed by atoms with Gasteiger partial charge in [0, 0.05) is 11.4 Å². The lowest BCUT2D eigenvalue weighted by Crippen LogP contribution is -2.36. The number of para-hydroxylation sites is 1. The van der Waals surface area contributed by atoms with Crippen LogP contribution in [0.5, 0.6) is 5.75 Å². The molecule has 0 aliphatic carbocycles. The van der Waals surface area contributed by atoms with Crippen LogP contribution in [0.25, 0.3) is 0 Å². The Bertz CT molecular complexity index is 687. The first kappa shape index (κ1) is 21.7. The number of hydrogen-bond acceptors (Lipinski definition) is 4. The Morgan fingerprint density at radius 3 is 2.70 bits per heavy atom. The van der Waals surface area contributed by atoms with Crippen molar-refractivity contribution in [1.29, 1.82) is 0 Å². The zero-order chi connectivity index (χ0) is 18.2. The molecule has 4 nitrogen and oxygen atoms in total. The van der Waals surface area contributed by atoms with E-state index in [2.05, 4.69) is 34.7 Å². The summed E-state index contributed by atoms with van der Waals surface area (Å²) in [5.74, 6) is 0.616. The smallest absolute Gasteiger partial charge is 0.255 e. The fourth-order valence-corrected chi connectivity index (χ4v) is 4.20. The Morgan fingerprint density at radius 2 is 2.00 bits per heavy atom. The number of carbonyl (C=O) groups excluding carboxylic acids is 1. The third kappa shape index (κ3) is 5.96. The summed E-state index contributed by atoms with van der Waals surface area (Å²) < 4.78 is 5.81. The van der Waals surface area contributed by atoms with Gasteiger partial charge in [-0.15, -0.1) is 23.7 Å². The number of rotatable bonds is 9. The first-order chi connectivity index (χ1) is 12.8. The van der Waals surface area contributed by atoms with Crippen molar-refractivity contribution in [3.05, 3.63) is 52.2 Å². The minimum absolute atomic E-state index is 0. The zero-order valence-corrected chi connectivity index (χ0v) is 17.5. The summed E-state index contributed by atoms with van der Waals surface area (Å²) in [4.78, 5) is 16.6. The number of amides is 1. The minimum atomic E-state index is -0.0575. The van der Waals surface area contributed by atoms with E-state index in [1.165, 1.54) is 17.7 Å². The Morgan fingerprint density at radius 1 is 1.22 bits per heavy atom. The van der Waals surface area contributed by atoms with Crippen molar-refractivity contribution in [2.24, 2.45) is 0 Å². The number of thiophene rings is 1. The van der Waals surface area contributed by atoms with Gasteiger partial charge in [-0.05, 0) is 55.9 Å². The summed E-state index contributed by atoms with van der Waals surface area (Å²) in [7, 11) is 0. The Kier molecular flexibility index (Phi) is 9.11. The van der Waals surface area contributed by atoms with Gasteiger partial charge in [0.2, 0.25) is 0 Å². The maximum atomic E-state index is 12.8. The number of ether oxygens (including phenoxy) is 1. The summed E-state index contributed by atoms with van der Waals surface area (Å²) in [5, 5.41) is 5.25. The van der Waals surface area contributed by atoms with Crippen LogP contribution in [-0.2, 0) is 0 Å². The molecular weight excluding hydrogens is 380 g/mol. The van der Waals surface area contributed by atoms with Crippen molar-refractivity contribution in [3.63, 3.8) is 0 Å². The molecule has 27 heavy (non-hydrogen) atoms. The van der Waals surface area contributed by atoms with Crippen molar-refractivity contribution in [2.45, 2.75) is 38.6 Å². The largest absolute Gasteiger partial charge is 0.493 e. The van der Waals surface area contributed by atoms with Gasteiger partial charge in [0.25, 0.3) is 5.91 Å². The third-order valence-electron chi connectivity index (χ3n) is 4.80. The van der Waals surface area contributed by atoms with Crippen LogP contribution in [0, 0.1) is 0 Å². The SMILES string of the molecule is CCCCOc1ccccc1C(=O)NCC(c1cccs1)N1CCCC1.Cl. The molecule has 1 unspecified atom stereocenters. The van der Waals surface area contributed by atoms with Crippen molar-refractivity contribution in [1.82, 2.24) is 10.2 Å². The topological polar surface area (TPSA) is 41.6 Å². The quantitative estimate of drug-likeness (QED) is 0.599. The van der Waals surface area contributed by atoms with E-state index in [9.17, 15) is 4.79 Å². The molecule has 0 bridgehead atoms. The Balaban J connectivity index is 0.00000261. The zero-order valence-electron chi connectivity index (χ0n) is 15.9. The molecule has 1 atom stereocenters. The van der Waals surface area contributed by atoms with Crippen LogP contribution in [0.15, 0.2) is 41.8 Å². The lowest BCUT2D eigenvalue weighted by Gasteiger charge is -2.27. The van der Waals surface area contributed by atoms with E-state index < -0.39 is 0 Å². The number of benzene rings is 1. The van der Waals surface area contributed by atoms with E-state index in [0.29, 0.717) is 24.5 Å². The highest BCUT2D eigenvalue weighted by Crippen LogP contribution is 2.28. The van der Waals surface area contributed by atoms with Gasteiger partial charge in [-0.25, -0.2) is 0 Å². The van der Waals surface area contributed by atoms with Gasteiger partial charge in [-0.3, -0.25) is 9.69 Å². The van der Waals surface area contributed by atoms with Gasteiger partial charge in [0.1, 0.15) is 5.75 Å². The molecule has 1 aliphatic heterocycles. The van der Waals surface area contributed by atoms with E-state index in [1.807, 2.05) is 24.3 Å². The first-order valence-corrected chi connectivity index (χ1v) is 10.4. The van der Waals surface area contributed by atoms with Gasteiger partial charge < -0.3 is 10.1 Å². The van der Waals surface area contributed by atoms with Gasteiger partial charge in [0.05, 0.1) is 18.2 Å². The molecule has 1 aromatic carbocycles. The molecule has 2 aromatic rings. The average Bonchev–Trinajstić information content (AvgIpc) is 3.37. The molecule has 6 heteroatoms. The van der Waals surface area contributed by atoms with Gasteiger partial charge >= 0.3 is 0 Å². The number of hydrogen-bond donors (Lipinski definition) is 1. The molecule has 1 aliphatic rings. The van der Waals surface area contributed by atoms with Crippen LogP contribution in [0.1, 0.15) is 53.9 Å². The van der Waals surface area contributed by atoms with Crippen molar-refractivity contribution in [3.8, 4) is 5.75 Å². The fraction of sp³-hybridized carbons (Fsp3) is 0.476. The summed E-state index contributed by atoms with van der Waals surface area (Å²) in [6, 6.07) is 12.0. The molecule has 1 saturated heterocycles. The summed E-state index contributed by atoms with van der Waals surface area (Å²) >= 11 is 1.76. The maximum Gasteiger partial charge on any atom is 0.255 e. The lowest BCUT2D eigenvalue weighted by molar-refractivity contribution is 0.0934. The summed E-state index contributed by atoms with van der Waals surface area (Å²) in [5.41, 5.74) is 0.620. The minimum Gasteiger partial charge on any atom is -0.493 e. The predicted octanol–water partition coefficient (Wildman–Crippen LogP) is 4.92. The van der Waals surface area contributed by atoms with E-state index in [1.54, 1.807) is 11.3 Å². The normalized spacial score (nSPS) is 15.1. The average molecular weight is 409 g/mol. The highest BCUT2D eigenvalue weighted by molar-refractivity contribution is 7.10. The standard InChI is InChI=1S/C21H28N2O2S.ClH/c1-2-3-14-25-19-10-5-4-9-17(19)21(24)22-16-18(20-11-8-15-26-20)23-12-6-7-13-23;/h4-5,8-11,15,18H,2-3,6-7,12-14,16H2,1H3,(H,22,24);1H. The second kappa shape index (κ2) is 11.3. The Hall–Kier alpha value is -1.56. The van der Waals surface area contributed by atoms with Crippen LogP contribution < -0.4 is 10.1 Å². The van der Waals surface area contributed by atoms with E-state index >= 15 is 0 Å². The number of nitrogens with zero attached hydrogens (tertiary/aromatic N) is 1. The van der Waals surface area contributed by atoms with Crippen molar-refractivity contribution >= 4 is 29.7 Å².